The average Bonchev–Trinajstić information content (AvgIpc) is 3.07. The lowest BCUT2D eigenvalue weighted by Crippen LogP contribution is -2.43. The molecule has 1 aliphatic heterocycles. The van der Waals surface area contributed by atoms with E-state index in [9.17, 15) is 0 Å². The van der Waals surface area contributed by atoms with Crippen LogP contribution >= 0.6 is 0 Å². The highest BCUT2D eigenvalue weighted by atomic mass is 15.2. The number of nitrogens with zero attached hydrogens (tertiary/aromatic N) is 2. The molecule has 4 heteroatoms. The molecule has 0 unspecified atom stereocenters. The predicted molar refractivity (Wildman–Crippen MR) is 90.7 cm³/mol. The fourth-order valence-corrected chi connectivity index (χ4v) is 3.26. The maximum absolute atomic E-state index is 4.84. The standard InChI is InChI=1S/C17H32N4/c1-4-18-17(20-15-8-5-6-9-15)19-12-16-10-7-11-21(16)13-14(2)3/h5-6,14-16H,4,7-13H2,1-3H3,(H2,18,19,20)/t16-/m1/s1. The molecular weight excluding hydrogens is 260 g/mol. The summed E-state index contributed by atoms with van der Waals surface area (Å²) in [7, 11) is 0. The molecule has 2 rings (SSSR count). The second kappa shape index (κ2) is 8.42. The van der Waals surface area contributed by atoms with Crippen LogP contribution < -0.4 is 10.6 Å². The molecule has 0 aromatic heterocycles. The lowest BCUT2D eigenvalue weighted by Gasteiger charge is -2.25. The van der Waals surface area contributed by atoms with Crippen molar-refractivity contribution in [1.82, 2.24) is 15.5 Å². The fourth-order valence-electron chi connectivity index (χ4n) is 3.26. The van der Waals surface area contributed by atoms with Gasteiger partial charge in [0.25, 0.3) is 0 Å². The van der Waals surface area contributed by atoms with Crippen LogP contribution in [0.5, 0.6) is 0 Å². The lowest BCUT2D eigenvalue weighted by molar-refractivity contribution is 0.231. The molecule has 21 heavy (non-hydrogen) atoms. The zero-order chi connectivity index (χ0) is 15.1. The monoisotopic (exact) mass is 292 g/mol. The minimum absolute atomic E-state index is 0.526. The molecular formula is C17H32N4. The van der Waals surface area contributed by atoms with Gasteiger partial charge in [-0.2, -0.15) is 0 Å². The van der Waals surface area contributed by atoms with Crippen molar-refractivity contribution in [3.63, 3.8) is 0 Å². The Bertz CT molecular complexity index is 354. The Labute approximate surface area is 130 Å². The van der Waals surface area contributed by atoms with Crippen LogP contribution in [0.25, 0.3) is 0 Å². The quantitative estimate of drug-likeness (QED) is 0.448. The molecule has 0 radical (unpaired) electrons. The number of nitrogens with one attached hydrogen (secondary N) is 2. The van der Waals surface area contributed by atoms with E-state index in [-0.39, 0.29) is 0 Å². The molecule has 0 aromatic rings. The summed E-state index contributed by atoms with van der Waals surface area (Å²) in [5, 5.41) is 6.94. The van der Waals surface area contributed by atoms with Gasteiger partial charge in [0, 0.05) is 25.2 Å². The van der Waals surface area contributed by atoms with Gasteiger partial charge in [0.15, 0.2) is 5.96 Å². The van der Waals surface area contributed by atoms with Gasteiger partial charge in [-0.1, -0.05) is 26.0 Å². The number of hydrogen-bond donors (Lipinski definition) is 2. The van der Waals surface area contributed by atoms with Crippen molar-refractivity contribution in [1.29, 1.82) is 0 Å². The molecule has 0 amide bonds. The van der Waals surface area contributed by atoms with Gasteiger partial charge in [-0.05, 0) is 45.1 Å². The Morgan fingerprint density at radius 1 is 1.33 bits per heavy atom. The second-order valence-corrected chi connectivity index (χ2v) is 6.69. The van der Waals surface area contributed by atoms with E-state index in [1.54, 1.807) is 0 Å². The second-order valence-electron chi connectivity index (χ2n) is 6.69. The maximum atomic E-state index is 4.84. The molecule has 2 N–H and O–H groups in total. The van der Waals surface area contributed by atoms with Gasteiger partial charge >= 0.3 is 0 Å². The summed E-state index contributed by atoms with van der Waals surface area (Å²) < 4.78 is 0. The summed E-state index contributed by atoms with van der Waals surface area (Å²) in [6, 6.07) is 1.16. The van der Waals surface area contributed by atoms with Gasteiger partial charge in [-0.3, -0.25) is 9.89 Å². The van der Waals surface area contributed by atoms with Crippen molar-refractivity contribution < 1.29 is 0 Å². The van der Waals surface area contributed by atoms with E-state index in [1.165, 1.54) is 25.9 Å². The van der Waals surface area contributed by atoms with E-state index in [1.807, 2.05) is 0 Å². The Morgan fingerprint density at radius 2 is 2.10 bits per heavy atom. The average molecular weight is 292 g/mol. The summed E-state index contributed by atoms with van der Waals surface area (Å²) >= 11 is 0. The molecule has 0 aromatic carbocycles. The zero-order valence-electron chi connectivity index (χ0n) is 13.9. The topological polar surface area (TPSA) is 39.7 Å². The van der Waals surface area contributed by atoms with Crippen molar-refractivity contribution in [2.24, 2.45) is 10.9 Å². The normalized spacial score (nSPS) is 24.2. The molecule has 120 valence electrons. The van der Waals surface area contributed by atoms with Gasteiger partial charge in [-0.15, -0.1) is 0 Å². The van der Waals surface area contributed by atoms with E-state index >= 15 is 0 Å². The van der Waals surface area contributed by atoms with Crippen molar-refractivity contribution in [3.8, 4) is 0 Å². The highest BCUT2D eigenvalue weighted by molar-refractivity contribution is 5.80. The van der Waals surface area contributed by atoms with Gasteiger partial charge in [0.05, 0.1) is 6.54 Å². The number of likely N-dealkylation sites (tertiary alicyclic amines) is 1. The third-order valence-corrected chi connectivity index (χ3v) is 4.25. The Balaban J connectivity index is 1.85. The number of rotatable bonds is 6. The molecule has 1 atom stereocenters. The van der Waals surface area contributed by atoms with E-state index in [0.29, 0.717) is 12.1 Å². The van der Waals surface area contributed by atoms with Crippen molar-refractivity contribution >= 4 is 5.96 Å². The van der Waals surface area contributed by atoms with Gasteiger partial charge in [0.2, 0.25) is 0 Å². The lowest BCUT2D eigenvalue weighted by atomic mass is 10.2. The summed E-state index contributed by atoms with van der Waals surface area (Å²) in [5.74, 6) is 1.73. The number of hydrogen-bond acceptors (Lipinski definition) is 2. The molecule has 4 nitrogen and oxygen atoms in total. The minimum atomic E-state index is 0.526. The summed E-state index contributed by atoms with van der Waals surface area (Å²) in [6.45, 7) is 11.0. The van der Waals surface area contributed by atoms with Crippen molar-refractivity contribution in [2.45, 2.75) is 58.5 Å². The first kappa shape index (κ1) is 16.3. The van der Waals surface area contributed by atoms with Crippen LogP contribution in [0.15, 0.2) is 17.1 Å². The molecule has 0 bridgehead atoms. The smallest absolute Gasteiger partial charge is 0.191 e. The maximum Gasteiger partial charge on any atom is 0.191 e. The Morgan fingerprint density at radius 3 is 2.76 bits per heavy atom. The highest BCUT2D eigenvalue weighted by Gasteiger charge is 2.24. The first-order chi connectivity index (χ1) is 10.2. The largest absolute Gasteiger partial charge is 0.357 e. The van der Waals surface area contributed by atoms with Gasteiger partial charge in [0.1, 0.15) is 0 Å². The third kappa shape index (κ3) is 5.34. The number of aliphatic imine (C=N–C) groups is 1. The van der Waals surface area contributed by atoms with Crippen LogP contribution in [0.3, 0.4) is 0 Å². The van der Waals surface area contributed by atoms with Crippen LogP contribution in [0, 0.1) is 5.92 Å². The van der Waals surface area contributed by atoms with E-state index < -0.39 is 0 Å². The van der Waals surface area contributed by atoms with Crippen LogP contribution in [-0.4, -0.2) is 49.1 Å². The number of guanidine groups is 1. The molecule has 1 fully saturated rings. The minimum Gasteiger partial charge on any atom is -0.357 e. The SMILES string of the molecule is CCNC(=NC[C@H]1CCCN1CC(C)C)NC1CC=CC1. The van der Waals surface area contributed by atoms with Crippen LogP contribution in [0.1, 0.15) is 46.5 Å². The molecule has 1 heterocycles. The Kier molecular flexibility index (Phi) is 6.55. The third-order valence-electron chi connectivity index (χ3n) is 4.25. The van der Waals surface area contributed by atoms with Crippen molar-refractivity contribution in [3.05, 3.63) is 12.2 Å². The fraction of sp³-hybridized carbons (Fsp3) is 0.824. The van der Waals surface area contributed by atoms with Crippen LogP contribution in [0.4, 0.5) is 0 Å². The zero-order valence-corrected chi connectivity index (χ0v) is 13.9. The first-order valence-corrected chi connectivity index (χ1v) is 8.63. The summed E-state index contributed by atoms with van der Waals surface area (Å²) in [6.07, 6.45) is 9.36. The summed E-state index contributed by atoms with van der Waals surface area (Å²) in [4.78, 5) is 7.46. The highest BCUT2D eigenvalue weighted by Crippen LogP contribution is 2.19. The van der Waals surface area contributed by atoms with Crippen LogP contribution in [-0.2, 0) is 0 Å². The predicted octanol–water partition coefficient (Wildman–Crippen LogP) is 2.38. The Hall–Kier alpha value is -1.03. The molecule has 0 spiro atoms. The molecule has 1 aliphatic carbocycles. The molecule has 0 saturated carbocycles. The van der Waals surface area contributed by atoms with Gasteiger partial charge in [-0.25, -0.2) is 0 Å². The molecule has 2 aliphatic rings. The summed E-state index contributed by atoms with van der Waals surface area (Å²) in [5.41, 5.74) is 0. The first-order valence-electron chi connectivity index (χ1n) is 8.63. The van der Waals surface area contributed by atoms with E-state index in [0.717, 1.165) is 37.8 Å². The molecule has 1 saturated heterocycles. The van der Waals surface area contributed by atoms with E-state index in [2.05, 4.69) is 48.5 Å². The van der Waals surface area contributed by atoms with E-state index in [4.69, 9.17) is 4.99 Å². The van der Waals surface area contributed by atoms with Gasteiger partial charge < -0.3 is 10.6 Å². The van der Waals surface area contributed by atoms with Crippen molar-refractivity contribution in [2.75, 3.05) is 26.2 Å². The van der Waals surface area contributed by atoms with Crippen LogP contribution in [0.2, 0.25) is 0 Å².